The molecule has 2 N–H and O–H groups in total. The van der Waals surface area contributed by atoms with Crippen LogP contribution in [0.1, 0.15) is 22.9 Å². The third kappa shape index (κ3) is 4.33. The van der Waals surface area contributed by atoms with Gasteiger partial charge in [-0.2, -0.15) is 0 Å². The molecule has 108 valence electrons. The second-order valence-corrected chi connectivity index (χ2v) is 7.02. The highest BCUT2D eigenvalue weighted by Crippen LogP contribution is 2.29. The minimum absolute atomic E-state index is 0.128. The predicted molar refractivity (Wildman–Crippen MR) is 89.8 cm³/mol. The average Bonchev–Trinajstić information content (AvgIpc) is 2.84. The quantitative estimate of drug-likeness (QED) is 0.838. The zero-order valence-electron chi connectivity index (χ0n) is 11.9. The number of hydrogen-bond donors (Lipinski definition) is 1. The van der Waals surface area contributed by atoms with E-state index in [1.54, 1.807) is 11.3 Å². The number of halogens is 1. The first-order valence-corrected chi connectivity index (χ1v) is 8.43. The summed E-state index contributed by atoms with van der Waals surface area (Å²) in [5.41, 5.74) is 8.26. The van der Waals surface area contributed by atoms with Gasteiger partial charge in [0.15, 0.2) is 0 Å². The lowest BCUT2D eigenvalue weighted by molar-refractivity contribution is 0.316. The molecule has 0 saturated carbocycles. The SMILES string of the molecule is Cc1cc(Br)cc(CC(C)N)c1OCCc1cccs1. The van der Waals surface area contributed by atoms with E-state index in [0.29, 0.717) is 6.61 Å². The van der Waals surface area contributed by atoms with Crippen molar-refractivity contribution in [2.75, 3.05) is 6.61 Å². The Morgan fingerprint density at radius 3 is 2.85 bits per heavy atom. The van der Waals surface area contributed by atoms with Gasteiger partial charge in [-0.1, -0.05) is 22.0 Å². The van der Waals surface area contributed by atoms with Crippen molar-refractivity contribution in [1.29, 1.82) is 0 Å². The van der Waals surface area contributed by atoms with Crippen LogP contribution in [0.2, 0.25) is 0 Å². The predicted octanol–water partition coefficient (Wildman–Crippen LogP) is 4.33. The molecule has 2 nitrogen and oxygen atoms in total. The number of benzene rings is 1. The van der Waals surface area contributed by atoms with Crippen molar-refractivity contribution in [3.05, 3.63) is 50.1 Å². The lowest BCUT2D eigenvalue weighted by Gasteiger charge is -2.16. The van der Waals surface area contributed by atoms with Crippen LogP contribution in [-0.2, 0) is 12.8 Å². The molecule has 0 fully saturated rings. The molecule has 0 saturated heterocycles. The molecule has 0 aliphatic heterocycles. The molecule has 1 atom stereocenters. The van der Waals surface area contributed by atoms with E-state index in [4.69, 9.17) is 10.5 Å². The summed E-state index contributed by atoms with van der Waals surface area (Å²) in [6.45, 7) is 4.80. The van der Waals surface area contributed by atoms with Crippen LogP contribution in [0.3, 0.4) is 0 Å². The maximum Gasteiger partial charge on any atom is 0.125 e. The fourth-order valence-corrected chi connectivity index (χ4v) is 3.52. The van der Waals surface area contributed by atoms with Crippen LogP contribution in [0.15, 0.2) is 34.1 Å². The summed E-state index contributed by atoms with van der Waals surface area (Å²) < 4.78 is 7.11. The van der Waals surface area contributed by atoms with Crippen molar-refractivity contribution in [1.82, 2.24) is 0 Å². The first kappa shape index (κ1) is 15.5. The van der Waals surface area contributed by atoms with Gasteiger partial charge in [0.05, 0.1) is 6.61 Å². The van der Waals surface area contributed by atoms with Gasteiger partial charge in [0.1, 0.15) is 5.75 Å². The third-order valence-electron chi connectivity index (χ3n) is 3.03. The second-order valence-electron chi connectivity index (χ2n) is 5.07. The highest BCUT2D eigenvalue weighted by Gasteiger charge is 2.11. The monoisotopic (exact) mass is 353 g/mol. The first-order valence-electron chi connectivity index (χ1n) is 6.76. The molecular weight excluding hydrogens is 334 g/mol. The van der Waals surface area contributed by atoms with Gasteiger partial charge < -0.3 is 10.5 Å². The summed E-state index contributed by atoms with van der Waals surface area (Å²) in [5.74, 6) is 0.988. The van der Waals surface area contributed by atoms with E-state index >= 15 is 0 Å². The Labute approximate surface area is 133 Å². The molecule has 1 aromatic carbocycles. The van der Waals surface area contributed by atoms with Gasteiger partial charge in [-0.25, -0.2) is 0 Å². The number of aryl methyl sites for hydroxylation is 1. The molecule has 0 amide bonds. The highest BCUT2D eigenvalue weighted by atomic mass is 79.9. The van der Waals surface area contributed by atoms with Gasteiger partial charge in [0.25, 0.3) is 0 Å². The molecule has 0 spiro atoms. The van der Waals surface area contributed by atoms with Crippen molar-refractivity contribution in [3.8, 4) is 5.75 Å². The fourth-order valence-electron chi connectivity index (χ4n) is 2.21. The van der Waals surface area contributed by atoms with Crippen LogP contribution in [0.25, 0.3) is 0 Å². The molecule has 2 rings (SSSR count). The van der Waals surface area contributed by atoms with Crippen LogP contribution in [0, 0.1) is 6.92 Å². The van der Waals surface area contributed by atoms with Gasteiger partial charge in [-0.15, -0.1) is 11.3 Å². The van der Waals surface area contributed by atoms with Crippen molar-refractivity contribution in [2.45, 2.75) is 32.7 Å². The summed E-state index contributed by atoms with van der Waals surface area (Å²) in [7, 11) is 0. The lowest BCUT2D eigenvalue weighted by atomic mass is 10.0. The molecule has 1 unspecified atom stereocenters. The largest absolute Gasteiger partial charge is 0.493 e. The van der Waals surface area contributed by atoms with E-state index in [-0.39, 0.29) is 6.04 Å². The maximum absolute atomic E-state index is 6.03. The van der Waals surface area contributed by atoms with Gasteiger partial charge in [0, 0.05) is 21.8 Å². The summed E-state index contributed by atoms with van der Waals surface area (Å²) in [5, 5.41) is 2.10. The van der Waals surface area contributed by atoms with E-state index in [1.165, 1.54) is 10.4 Å². The topological polar surface area (TPSA) is 35.2 Å². The maximum atomic E-state index is 6.03. The Morgan fingerprint density at radius 1 is 1.40 bits per heavy atom. The summed E-state index contributed by atoms with van der Waals surface area (Å²) >= 11 is 5.31. The number of rotatable bonds is 6. The zero-order chi connectivity index (χ0) is 14.5. The smallest absolute Gasteiger partial charge is 0.125 e. The molecule has 1 heterocycles. The number of thiophene rings is 1. The van der Waals surface area contributed by atoms with Crippen LogP contribution in [0.5, 0.6) is 5.75 Å². The van der Waals surface area contributed by atoms with Crippen molar-refractivity contribution in [3.63, 3.8) is 0 Å². The second kappa shape index (κ2) is 7.25. The summed E-state index contributed by atoms with van der Waals surface area (Å²) in [6, 6.07) is 8.54. The summed E-state index contributed by atoms with van der Waals surface area (Å²) in [6.07, 6.45) is 1.78. The normalized spacial score (nSPS) is 12.4. The minimum atomic E-state index is 0.128. The van der Waals surface area contributed by atoms with Crippen LogP contribution in [0.4, 0.5) is 0 Å². The number of nitrogens with two attached hydrogens (primary N) is 1. The first-order chi connectivity index (χ1) is 9.56. The molecule has 4 heteroatoms. The molecular formula is C16H20BrNOS. The van der Waals surface area contributed by atoms with E-state index in [1.807, 2.05) is 6.92 Å². The number of ether oxygens (including phenoxy) is 1. The Balaban J connectivity index is 2.08. The third-order valence-corrected chi connectivity index (χ3v) is 4.43. The number of hydrogen-bond acceptors (Lipinski definition) is 3. The van der Waals surface area contributed by atoms with E-state index in [9.17, 15) is 0 Å². The van der Waals surface area contributed by atoms with Crippen molar-refractivity contribution in [2.24, 2.45) is 5.73 Å². The molecule has 2 aromatic rings. The standard InChI is InChI=1S/C16H20BrNOS/c1-11-8-14(17)10-13(9-12(2)18)16(11)19-6-5-15-4-3-7-20-15/h3-4,7-8,10,12H,5-6,9,18H2,1-2H3. The van der Waals surface area contributed by atoms with Crippen LogP contribution in [-0.4, -0.2) is 12.6 Å². The average molecular weight is 354 g/mol. The van der Waals surface area contributed by atoms with E-state index in [2.05, 4.69) is 52.5 Å². The van der Waals surface area contributed by atoms with Crippen molar-refractivity contribution >= 4 is 27.3 Å². The fraction of sp³-hybridized carbons (Fsp3) is 0.375. The minimum Gasteiger partial charge on any atom is -0.493 e. The van der Waals surface area contributed by atoms with E-state index < -0.39 is 0 Å². The van der Waals surface area contributed by atoms with Crippen molar-refractivity contribution < 1.29 is 4.74 Å². The van der Waals surface area contributed by atoms with Gasteiger partial charge in [-0.3, -0.25) is 0 Å². The lowest BCUT2D eigenvalue weighted by Crippen LogP contribution is -2.18. The Hall–Kier alpha value is -0.840. The molecule has 0 radical (unpaired) electrons. The molecule has 0 bridgehead atoms. The molecule has 0 aliphatic rings. The van der Waals surface area contributed by atoms with E-state index in [0.717, 1.165) is 28.6 Å². The highest BCUT2D eigenvalue weighted by molar-refractivity contribution is 9.10. The van der Waals surface area contributed by atoms with Gasteiger partial charge in [-0.05, 0) is 55.0 Å². The Kier molecular flexibility index (Phi) is 5.64. The van der Waals surface area contributed by atoms with Crippen LogP contribution >= 0.6 is 27.3 Å². The zero-order valence-corrected chi connectivity index (χ0v) is 14.3. The molecule has 1 aromatic heterocycles. The summed E-state index contributed by atoms with van der Waals surface area (Å²) in [4.78, 5) is 1.36. The van der Waals surface area contributed by atoms with Gasteiger partial charge in [0.2, 0.25) is 0 Å². The Bertz CT molecular complexity index is 552. The van der Waals surface area contributed by atoms with Crippen LogP contribution < -0.4 is 10.5 Å². The van der Waals surface area contributed by atoms with Gasteiger partial charge >= 0.3 is 0 Å². The molecule has 0 aliphatic carbocycles. The Morgan fingerprint density at radius 2 is 2.20 bits per heavy atom. The molecule has 20 heavy (non-hydrogen) atoms.